The van der Waals surface area contributed by atoms with Gasteiger partial charge in [-0.05, 0) is 31.4 Å². The molecule has 3 saturated heterocycles. The van der Waals surface area contributed by atoms with Gasteiger partial charge in [-0.15, -0.1) is 10.2 Å². The molecule has 4 heterocycles. The van der Waals surface area contributed by atoms with Gasteiger partial charge in [0.2, 0.25) is 22.1 Å². The Hall–Kier alpha value is -2.75. The number of anilines is 3. The van der Waals surface area contributed by atoms with Crippen LogP contribution in [-0.2, 0) is 9.59 Å². The summed E-state index contributed by atoms with van der Waals surface area (Å²) in [6.07, 6.45) is 3.10. The molecule has 0 N–H and O–H groups in total. The summed E-state index contributed by atoms with van der Waals surface area (Å²) in [5, 5.41) is 9.84. The fourth-order valence-electron chi connectivity index (χ4n) is 4.62. The van der Waals surface area contributed by atoms with Crippen LogP contribution in [0, 0.1) is 5.82 Å². The molecule has 31 heavy (non-hydrogen) atoms. The van der Waals surface area contributed by atoms with E-state index in [-0.39, 0.29) is 23.7 Å². The van der Waals surface area contributed by atoms with E-state index >= 15 is 0 Å². The number of hydrogen-bond acceptors (Lipinski definition) is 7. The maximum absolute atomic E-state index is 14.1. The van der Waals surface area contributed by atoms with Gasteiger partial charge < -0.3 is 14.7 Å². The van der Waals surface area contributed by atoms with Crippen LogP contribution in [0.5, 0.6) is 0 Å². The average Bonchev–Trinajstić information content (AvgIpc) is 3.54. The van der Waals surface area contributed by atoms with Crippen molar-refractivity contribution in [2.45, 2.75) is 31.7 Å². The first-order valence-electron chi connectivity index (χ1n) is 10.8. The number of carbonyl (C=O) groups is 2. The van der Waals surface area contributed by atoms with Gasteiger partial charge in [-0.25, -0.2) is 4.39 Å². The highest BCUT2D eigenvalue weighted by atomic mass is 32.1. The van der Waals surface area contributed by atoms with Crippen molar-refractivity contribution in [2.24, 2.45) is 0 Å². The second-order valence-electron chi connectivity index (χ2n) is 8.13. The Bertz CT molecular complexity index is 976. The van der Waals surface area contributed by atoms with Crippen molar-refractivity contribution in [3.05, 3.63) is 30.1 Å². The first-order chi connectivity index (χ1) is 15.1. The minimum atomic E-state index is -0.255. The molecule has 2 amide bonds. The number of nitrogens with zero attached hydrogens (tertiary/aromatic N) is 6. The Balaban J connectivity index is 1.24. The first kappa shape index (κ1) is 20.2. The molecule has 5 rings (SSSR count). The van der Waals surface area contributed by atoms with E-state index < -0.39 is 0 Å². The normalized spacial score (nSPS) is 22.0. The molecule has 0 radical (unpaired) electrons. The minimum absolute atomic E-state index is 0.0875. The predicted octanol–water partition coefficient (Wildman–Crippen LogP) is 2.12. The van der Waals surface area contributed by atoms with Crippen LogP contribution in [0.25, 0.3) is 0 Å². The summed E-state index contributed by atoms with van der Waals surface area (Å²) in [5.74, 6) is -0.0445. The number of carbonyl (C=O) groups excluding carboxylic acids is 2. The lowest BCUT2D eigenvalue weighted by Gasteiger charge is -2.38. The summed E-state index contributed by atoms with van der Waals surface area (Å²) in [4.78, 5) is 32.9. The highest BCUT2D eigenvalue weighted by molar-refractivity contribution is 7.19. The quantitative estimate of drug-likeness (QED) is 0.719. The zero-order valence-corrected chi connectivity index (χ0v) is 18.1. The Kier molecular flexibility index (Phi) is 5.47. The van der Waals surface area contributed by atoms with Gasteiger partial charge in [-0.1, -0.05) is 23.5 Å². The van der Waals surface area contributed by atoms with Gasteiger partial charge in [0, 0.05) is 45.7 Å². The first-order valence-corrected chi connectivity index (χ1v) is 11.6. The van der Waals surface area contributed by atoms with Crippen molar-refractivity contribution in [3.63, 3.8) is 0 Å². The highest BCUT2D eigenvalue weighted by Crippen LogP contribution is 2.34. The van der Waals surface area contributed by atoms with Crippen molar-refractivity contribution in [1.82, 2.24) is 15.1 Å². The minimum Gasteiger partial charge on any atom is -0.366 e. The summed E-state index contributed by atoms with van der Waals surface area (Å²) in [5.41, 5.74) is 0.593. The van der Waals surface area contributed by atoms with Gasteiger partial charge in [0.25, 0.3) is 0 Å². The van der Waals surface area contributed by atoms with E-state index in [2.05, 4.69) is 10.2 Å². The summed E-state index contributed by atoms with van der Waals surface area (Å²) in [6, 6.07) is 6.51. The van der Waals surface area contributed by atoms with Crippen LogP contribution in [0.3, 0.4) is 0 Å². The molecule has 10 heteroatoms. The van der Waals surface area contributed by atoms with Crippen LogP contribution in [0.4, 0.5) is 20.3 Å². The van der Waals surface area contributed by atoms with Crippen LogP contribution in [-0.4, -0.2) is 72.2 Å². The van der Waals surface area contributed by atoms with E-state index in [0.717, 1.165) is 25.8 Å². The third-order valence-corrected chi connectivity index (χ3v) is 7.26. The molecule has 0 spiro atoms. The number of halogens is 1. The van der Waals surface area contributed by atoms with E-state index in [1.807, 2.05) is 20.8 Å². The van der Waals surface area contributed by atoms with Gasteiger partial charge in [0.15, 0.2) is 0 Å². The largest absolute Gasteiger partial charge is 0.366 e. The monoisotopic (exact) mass is 444 g/mol. The molecule has 0 bridgehead atoms. The van der Waals surface area contributed by atoms with E-state index in [1.165, 1.54) is 17.4 Å². The third kappa shape index (κ3) is 3.84. The lowest BCUT2D eigenvalue weighted by Crippen LogP contribution is -2.54. The fraction of sp³-hybridized carbons (Fsp3) is 0.524. The van der Waals surface area contributed by atoms with Crippen LogP contribution in [0.15, 0.2) is 24.3 Å². The SMILES string of the molecule is O=C([C@H]1CCCN1c1nnc(N2CCCC2=O)s1)N1CCN(c2ccccc2F)CC1. The lowest BCUT2D eigenvalue weighted by molar-refractivity contribution is -0.132. The molecule has 0 saturated carbocycles. The van der Waals surface area contributed by atoms with Gasteiger partial charge >= 0.3 is 0 Å². The molecule has 3 fully saturated rings. The van der Waals surface area contributed by atoms with Crippen molar-refractivity contribution in [3.8, 4) is 0 Å². The standard InChI is InChI=1S/C21H25FN6O2S/c22-15-5-1-2-6-16(15)25-11-13-26(14-12-25)19(30)17-7-3-9-27(17)20-23-24-21(31-20)28-10-4-8-18(28)29/h1-2,5-6,17H,3-4,7-14H2/t17-/m1/s1. The number of hydrogen-bond donors (Lipinski definition) is 0. The Labute approximate surface area is 184 Å². The predicted molar refractivity (Wildman–Crippen MR) is 117 cm³/mol. The molecule has 1 aromatic carbocycles. The lowest BCUT2D eigenvalue weighted by atomic mass is 10.1. The molecule has 1 atom stereocenters. The molecule has 3 aliphatic rings. The van der Waals surface area contributed by atoms with Crippen LogP contribution < -0.4 is 14.7 Å². The van der Waals surface area contributed by atoms with Gasteiger partial charge in [-0.2, -0.15) is 0 Å². The number of amides is 2. The van der Waals surface area contributed by atoms with Crippen molar-refractivity contribution < 1.29 is 14.0 Å². The number of benzene rings is 1. The average molecular weight is 445 g/mol. The van der Waals surface area contributed by atoms with E-state index in [0.29, 0.717) is 55.1 Å². The molecule has 0 aliphatic carbocycles. The van der Waals surface area contributed by atoms with Crippen LogP contribution >= 0.6 is 11.3 Å². The Morgan fingerprint density at radius 2 is 1.77 bits per heavy atom. The summed E-state index contributed by atoms with van der Waals surface area (Å²) < 4.78 is 14.1. The molecule has 2 aromatic rings. The smallest absolute Gasteiger partial charge is 0.245 e. The Morgan fingerprint density at radius 3 is 2.52 bits per heavy atom. The van der Waals surface area contributed by atoms with Gasteiger partial charge in [0.1, 0.15) is 11.9 Å². The second-order valence-corrected chi connectivity index (χ2v) is 9.07. The molecule has 164 valence electrons. The number of aromatic nitrogens is 2. The summed E-state index contributed by atoms with van der Waals surface area (Å²) in [7, 11) is 0. The molecule has 8 nitrogen and oxygen atoms in total. The van der Waals surface area contributed by atoms with E-state index in [9.17, 15) is 14.0 Å². The van der Waals surface area contributed by atoms with Gasteiger partial charge in [-0.3, -0.25) is 14.5 Å². The molecule has 3 aliphatic heterocycles. The summed E-state index contributed by atoms with van der Waals surface area (Å²) in [6.45, 7) is 3.80. The Morgan fingerprint density at radius 1 is 1.00 bits per heavy atom. The molecular weight excluding hydrogens is 419 g/mol. The second kappa shape index (κ2) is 8.41. The zero-order valence-electron chi connectivity index (χ0n) is 17.2. The highest BCUT2D eigenvalue weighted by Gasteiger charge is 2.37. The fourth-order valence-corrected chi connectivity index (χ4v) is 5.59. The van der Waals surface area contributed by atoms with E-state index in [4.69, 9.17) is 0 Å². The topological polar surface area (TPSA) is 72.9 Å². The summed E-state index contributed by atoms with van der Waals surface area (Å²) >= 11 is 1.39. The van der Waals surface area contributed by atoms with Crippen molar-refractivity contribution in [1.29, 1.82) is 0 Å². The van der Waals surface area contributed by atoms with E-state index in [1.54, 1.807) is 17.0 Å². The van der Waals surface area contributed by atoms with Crippen molar-refractivity contribution in [2.75, 3.05) is 54.0 Å². The number of piperazine rings is 1. The van der Waals surface area contributed by atoms with Crippen LogP contribution in [0.2, 0.25) is 0 Å². The maximum Gasteiger partial charge on any atom is 0.245 e. The van der Waals surface area contributed by atoms with Gasteiger partial charge in [0.05, 0.1) is 5.69 Å². The molecule has 0 unspecified atom stereocenters. The third-order valence-electron chi connectivity index (χ3n) is 6.28. The number of para-hydroxylation sites is 1. The zero-order chi connectivity index (χ0) is 21.4. The maximum atomic E-state index is 14.1. The molecular formula is C21H25FN6O2S. The van der Waals surface area contributed by atoms with Crippen molar-refractivity contribution >= 4 is 39.1 Å². The van der Waals surface area contributed by atoms with Crippen LogP contribution in [0.1, 0.15) is 25.7 Å². The molecule has 1 aromatic heterocycles. The number of rotatable bonds is 4.